The molecule has 0 atom stereocenters. The highest BCUT2D eigenvalue weighted by Crippen LogP contribution is 2.35. The highest BCUT2D eigenvalue weighted by molar-refractivity contribution is 8.03. The number of anilines is 1. The van der Waals surface area contributed by atoms with E-state index in [0.717, 1.165) is 49.0 Å². The number of allylic oxidation sites excluding steroid dienone is 1. The third kappa shape index (κ3) is 6.30. The first-order chi connectivity index (χ1) is 15.9. The topological polar surface area (TPSA) is 91.8 Å². The monoisotopic (exact) mass is 490 g/mol. The van der Waals surface area contributed by atoms with Gasteiger partial charge in [0.15, 0.2) is 5.82 Å². The first-order valence-electron chi connectivity index (χ1n) is 11.0. The van der Waals surface area contributed by atoms with Crippen LogP contribution in [0.2, 0.25) is 0 Å². The van der Waals surface area contributed by atoms with Gasteiger partial charge in [-0.3, -0.25) is 9.88 Å². The predicted molar refractivity (Wildman–Crippen MR) is 131 cm³/mol. The fourth-order valence-electron chi connectivity index (χ4n) is 3.83. The number of hydrogen-bond acceptors (Lipinski definition) is 9. The molecule has 0 aromatic carbocycles. The average Bonchev–Trinajstić information content (AvgIpc) is 2.84. The number of hydrogen-bond donors (Lipinski definition) is 0. The molecule has 0 N–H and O–H groups in total. The summed E-state index contributed by atoms with van der Waals surface area (Å²) in [5.41, 5.74) is 0.888. The van der Waals surface area contributed by atoms with Crippen LogP contribution in [0.1, 0.15) is 6.92 Å². The van der Waals surface area contributed by atoms with Crippen molar-refractivity contribution in [2.75, 3.05) is 70.2 Å². The number of morpholine rings is 1. The summed E-state index contributed by atoms with van der Waals surface area (Å²) in [6.45, 7) is 8.24. The minimum atomic E-state index is -3.13. The largest absolute Gasteiger partial charge is 0.378 e. The van der Waals surface area contributed by atoms with Crippen LogP contribution in [0.3, 0.4) is 0 Å². The Kier molecular flexibility index (Phi) is 7.97. The molecule has 0 radical (unpaired) electrons. The zero-order chi connectivity index (χ0) is 23.3. The molecule has 4 rings (SSSR count). The van der Waals surface area contributed by atoms with Crippen molar-refractivity contribution in [3.8, 4) is 11.4 Å². The summed E-state index contributed by atoms with van der Waals surface area (Å²) in [7, 11) is -3.13. The van der Waals surface area contributed by atoms with E-state index < -0.39 is 10.0 Å². The zero-order valence-electron chi connectivity index (χ0n) is 19.1. The van der Waals surface area contributed by atoms with Gasteiger partial charge < -0.3 is 9.64 Å². The lowest BCUT2D eigenvalue weighted by atomic mass is 10.2. The van der Waals surface area contributed by atoms with E-state index in [2.05, 4.69) is 25.8 Å². The maximum Gasteiger partial charge on any atom is 0.211 e. The van der Waals surface area contributed by atoms with Crippen molar-refractivity contribution in [3.63, 3.8) is 0 Å². The molecule has 11 heteroatoms. The molecule has 2 aromatic heterocycles. The Morgan fingerprint density at radius 2 is 1.91 bits per heavy atom. The Hall–Kier alpha value is -2.05. The second kappa shape index (κ2) is 10.9. The molecule has 0 aliphatic carbocycles. The zero-order valence-corrected chi connectivity index (χ0v) is 20.7. The minimum absolute atomic E-state index is 0.530. The van der Waals surface area contributed by atoms with Crippen LogP contribution in [-0.2, 0) is 14.8 Å². The fourth-order valence-corrected chi connectivity index (χ4v) is 5.68. The molecule has 4 heterocycles. The second-order valence-electron chi connectivity index (χ2n) is 8.02. The van der Waals surface area contributed by atoms with Crippen LogP contribution in [0, 0.1) is 0 Å². The molecule has 0 bridgehead atoms. The minimum Gasteiger partial charge on any atom is -0.378 e. The van der Waals surface area contributed by atoms with Gasteiger partial charge >= 0.3 is 0 Å². The van der Waals surface area contributed by atoms with E-state index in [4.69, 9.17) is 9.72 Å². The molecule has 9 nitrogen and oxygen atoms in total. The van der Waals surface area contributed by atoms with E-state index in [0.29, 0.717) is 32.1 Å². The van der Waals surface area contributed by atoms with Crippen LogP contribution in [0.15, 0.2) is 46.6 Å². The van der Waals surface area contributed by atoms with Crippen molar-refractivity contribution < 1.29 is 13.2 Å². The first-order valence-corrected chi connectivity index (χ1v) is 13.7. The summed E-state index contributed by atoms with van der Waals surface area (Å²) >= 11 is 1.68. The van der Waals surface area contributed by atoms with Crippen LogP contribution >= 0.6 is 11.8 Å². The smallest absolute Gasteiger partial charge is 0.211 e. The summed E-state index contributed by atoms with van der Waals surface area (Å²) in [5.74, 6) is 1.58. The lowest BCUT2D eigenvalue weighted by molar-refractivity contribution is 0.122. The van der Waals surface area contributed by atoms with Gasteiger partial charge in [0.25, 0.3) is 0 Å². The molecule has 0 unspecified atom stereocenters. The number of pyridine rings is 1. The number of rotatable bonds is 7. The van der Waals surface area contributed by atoms with Crippen LogP contribution in [0.4, 0.5) is 5.82 Å². The molecule has 33 heavy (non-hydrogen) atoms. The van der Waals surface area contributed by atoms with E-state index in [9.17, 15) is 8.42 Å². The van der Waals surface area contributed by atoms with Crippen molar-refractivity contribution >= 4 is 27.6 Å². The highest BCUT2D eigenvalue weighted by Gasteiger charge is 2.25. The summed E-state index contributed by atoms with van der Waals surface area (Å²) in [6, 6.07) is 3.85. The van der Waals surface area contributed by atoms with E-state index in [-0.39, 0.29) is 0 Å². The molecule has 0 amide bonds. The second-order valence-corrected chi connectivity index (χ2v) is 11.2. The Labute approximate surface area is 199 Å². The normalized spacial score (nSPS) is 19.1. The molecule has 0 spiro atoms. The lowest BCUT2D eigenvalue weighted by Crippen LogP contribution is -2.48. The molecular weight excluding hydrogens is 460 g/mol. The van der Waals surface area contributed by atoms with E-state index >= 15 is 0 Å². The summed E-state index contributed by atoms with van der Waals surface area (Å²) < 4.78 is 30.7. The van der Waals surface area contributed by atoms with Crippen LogP contribution in [0.5, 0.6) is 0 Å². The van der Waals surface area contributed by atoms with E-state index in [1.807, 2.05) is 25.3 Å². The molecule has 0 saturated carbocycles. The molecule has 2 aliphatic rings. The summed E-state index contributed by atoms with van der Waals surface area (Å²) in [6.07, 6.45) is 8.81. The van der Waals surface area contributed by atoms with Gasteiger partial charge in [-0.1, -0.05) is 17.8 Å². The Balaban J connectivity index is 1.51. The first kappa shape index (κ1) is 24.1. The fraction of sp³-hybridized carbons (Fsp3) is 0.500. The highest BCUT2D eigenvalue weighted by atomic mass is 32.2. The Bertz CT molecular complexity index is 1070. The lowest BCUT2D eigenvalue weighted by Gasteiger charge is -2.34. The van der Waals surface area contributed by atoms with Crippen molar-refractivity contribution in [1.82, 2.24) is 24.2 Å². The SMILES string of the molecule is C/C=C(/CN1CCN(S(C)(=O)=O)CC1)Sc1cnc(-c2cccnc2)nc1N1CCOCC1. The van der Waals surface area contributed by atoms with Crippen molar-refractivity contribution in [2.45, 2.75) is 11.8 Å². The average molecular weight is 491 g/mol. The van der Waals surface area contributed by atoms with Crippen LogP contribution in [-0.4, -0.2) is 97.9 Å². The number of sulfonamides is 1. The molecule has 178 valence electrons. The summed E-state index contributed by atoms with van der Waals surface area (Å²) in [5, 5.41) is 0. The number of nitrogens with zero attached hydrogens (tertiary/aromatic N) is 6. The maximum absolute atomic E-state index is 11.8. The number of thioether (sulfide) groups is 1. The Morgan fingerprint density at radius 1 is 1.15 bits per heavy atom. The summed E-state index contributed by atoms with van der Waals surface area (Å²) in [4.78, 5) is 20.5. The van der Waals surface area contributed by atoms with Gasteiger partial charge in [0.2, 0.25) is 10.0 Å². The van der Waals surface area contributed by atoms with Gasteiger partial charge in [-0.05, 0) is 24.0 Å². The van der Waals surface area contributed by atoms with Crippen LogP contribution in [0.25, 0.3) is 11.4 Å². The molecule has 2 saturated heterocycles. The van der Waals surface area contributed by atoms with Crippen molar-refractivity contribution in [3.05, 3.63) is 41.7 Å². The van der Waals surface area contributed by atoms with E-state index in [1.165, 1.54) is 11.2 Å². The van der Waals surface area contributed by atoms with Gasteiger partial charge in [-0.2, -0.15) is 4.31 Å². The third-order valence-electron chi connectivity index (χ3n) is 5.71. The van der Waals surface area contributed by atoms with Gasteiger partial charge in [-0.25, -0.2) is 18.4 Å². The predicted octanol–water partition coefficient (Wildman–Crippen LogP) is 1.95. The van der Waals surface area contributed by atoms with Gasteiger partial charge in [-0.15, -0.1) is 0 Å². The number of aromatic nitrogens is 3. The number of ether oxygens (including phenoxy) is 1. The van der Waals surface area contributed by atoms with Crippen molar-refractivity contribution in [2.24, 2.45) is 0 Å². The standard InChI is InChI=1S/C22H30N6O3S2/c1-3-19(17-26-7-9-28(10-8-26)33(2,29)30)32-20-16-24-21(18-5-4-6-23-15-18)25-22(20)27-11-13-31-14-12-27/h3-6,15-16H,7-14,17H2,1-2H3/b19-3-. The molecule has 2 fully saturated rings. The maximum atomic E-state index is 11.8. The third-order valence-corrected chi connectivity index (χ3v) is 8.15. The Morgan fingerprint density at radius 3 is 2.55 bits per heavy atom. The molecule has 2 aliphatic heterocycles. The van der Waals surface area contributed by atoms with Crippen molar-refractivity contribution in [1.29, 1.82) is 0 Å². The van der Waals surface area contributed by atoms with Gasteiger partial charge in [0.05, 0.1) is 24.4 Å². The molecule has 2 aromatic rings. The quantitative estimate of drug-likeness (QED) is 0.540. The van der Waals surface area contributed by atoms with Crippen LogP contribution < -0.4 is 4.90 Å². The number of piperazine rings is 1. The van der Waals surface area contributed by atoms with E-state index in [1.54, 1.807) is 28.5 Å². The molecular formula is C22H30N6O3S2. The van der Waals surface area contributed by atoms with Gasteiger partial charge in [0.1, 0.15) is 5.82 Å². The van der Waals surface area contributed by atoms with Gasteiger partial charge in [0, 0.05) is 70.0 Å².